The number of likely N-dealkylation sites (tertiary alicyclic amines) is 1. The summed E-state index contributed by atoms with van der Waals surface area (Å²) >= 11 is 5.82. The monoisotopic (exact) mass is 147 g/mol. The van der Waals surface area contributed by atoms with E-state index in [1.807, 2.05) is 4.90 Å². The van der Waals surface area contributed by atoms with Gasteiger partial charge in [-0.05, 0) is 12.8 Å². The highest BCUT2D eigenvalue weighted by Crippen LogP contribution is 2.18. The second-order valence-corrected chi connectivity index (χ2v) is 2.74. The molecule has 2 nitrogen and oxygen atoms in total. The average molecular weight is 148 g/mol. The molecule has 1 aliphatic heterocycles. The molecule has 1 atom stereocenters. The van der Waals surface area contributed by atoms with Crippen LogP contribution >= 0.6 is 11.6 Å². The van der Waals surface area contributed by atoms with Crippen molar-refractivity contribution in [2.75, 3.05) is 13.1 Å². The lowest BCUT2D eigenvalue weighted by Crippen LogP contribution is -2.26. The Labute approximate surface area is 59.8 Å². The Morgan fingerprint density at radius 2 is 2.56 bits per heavy atom. The molecule has 0 aromatic rings. The molecule has 1 aliphatic rings. The van der Waals surface area contributed by atoms with Gasteiger partial charge in [-0.3, -0.25) is 4.90 Å². The van der Waals surface area contributed by atoms with E-state index < -0.39 is 0 Å². The molecule has 0 amide bonds. The van der Waals surface area contributed by atoms with Gasteiger partial charge in [0, 0.05) is 6.54 Å². The van der Waals surface area contributed by atoms with Crippen LogP contribution < -0.4 is 0 Å². The molecule has 3 heteroatoms. The van der Waals surface area contributed by atoms with Gasteiger partial charge < -0.3 is 4.79 Å². The zero-order chi connectivity index (χ0) is 6.69. The first-order chi connectivity index (χ1) is 4.34. The number of hydrogen-bond donors (Lipinski definition) is 0. The highest BCUT2D eigenvalue weighted by atomic mass is 35.5. The third-order valence-electron chi connectivity index (χ3n) is 1.59. The predicted octanol–water partition coefficient (Wildman–Crippen LogP) is 0.846. The fraction of sp³-hybridized carbons (Fsp3) is 0.833. The fourth-order valence-electron chi connectivity index (χ4n) is 1.09. The van der Waals surface area contributed by atoms with Crippen LogP contribution in [-0.4, -0.2) is 29.8 Å². The Balaban J connectivity index is 2.30. The maximum Gasteiger partial charge on any atom is 0.134 e. The number of hydrogen-bond acceptors (Lipinski definition) is 2. The molecule has 9 heavy (non-hydrogen) atoms. The van der Waals surface area contributed by atoms with E-state index in [0.29, 0.717) is 6.54 Å². The zero-order valence-corrected chi connectivity index (χ0v) is 5.97. The van der Waals surface area contributed by atoms with Gasteiger partial charge in [0.25, 0.3) is 0 Å². The quantitative estimate of drug-likeness (QED) is 0.328. The SMILES string of the molecule is O=CCN1CCCC1Cl. The number of carbonyl (C=O) groups is 1. The van der Waals surface area contributed by atoms with E-state index in [9.17, 15) is 4.79 Å². The van der Waals surface area contributed by atoms with Crippen molar-refractivity contribution in [2.45, 2.75) is 18.3 Å². The number of aldehydes is 1. The molecule has 0 aromatic carbocycles. The minimum Gasteiger partial charge on any atom is -0.302 e. The molecular weight excluding hydrogens is 138 g/mol. The van der Waals surface area contributed by atoms with Crippen LogP contribution in [0, 0.1) is 0 Å². The van der Waals surface area contributed by atoms with Crippen molar-refractivity contribution >= 4 is 17.9 Å². The summed E-state index contributed by atoms with van der Waals surface area (Å²) in [7, 11) is 0. The highest BCUT2D eigenvalue weighted by molar-refractivity contribution is 6.20. The van der Waals surface area contributed by atoms with Crippen LogP contribution in [0.3, 0.4) is 0 Å². The molecule has 0 aliphatic carbocycles. The van der Waals surface area contributed by atoms with Gasteiger partial charge in [0.15, 0.2) is 0 Å². The molecular formula is C6H10ClNO. The van der Waals surface area contributed by atoms with Gasteiger partial charge in [-0.15, -0.1) is 11.6 Å². The first-order valence-electron chi connectivity index (χ1n) is 3.16. The molecule has 1 rings (SSSR count). The van der Waals surface area contributed by atoms with Crippen LogP contribution in [-0.2, 0) is 4.79 Å². The maximum atomic E-state index is 10.0. The second-order valence-electron chi connectivity index (χ2n) is 2.24. The lowest BCUT2D eigenvalue weighted by atomic mass is 10.4. The first kappa shape index (κ1) is 7.03. The largest absolute Gasteiger partial charge is 0.302 e. The Morgan fingerprint density at radius 3 is 3.00 bits per heavy atom. The van der Waals surface area contributed by atoms with E-state index in [0.717, 1.165) is 25.7 Å². The van der Waals surface area contributed by atoms with Gasteiger partial charge in [0.2, 0.25) is 0 Å². The van der Waals surface area contributed by atoms with E-state index in [1.165, 1.54) is 0 Å². The summed E-state index contributed by atoms with van der Waals surface area (Å²) in [6.07, 6.45) is 3.05. The van der Waals surface area contributed by atoms with Crippen molar-refractivity contribution in [3.63, 3.8) is 0 Å². The van der Waals surface area contributed by atoms with E-state index >= 15 is 0 Å². The summed E-state index contributed by atoms with van der Waals surface area (Å²) in [4.78, 5) is 12.0. The lowest BCUT2D eigenvalue weighted by molar-refractivity contribution is -0.108. The second kappa shape index (κ2) is 3.18. The van der Waals surface area contributed by atoms with E-state index in [1.54, 1.807) is 0 Å². The van der Waals surface area contributed by atoms with Gasteiger partial charge in [0.05, 0.1) is 12.0 Å². The topological polar surface area (TPSA) is 20.3 Å². The predicted molar refractivity (Wildman–Crippen MR) is 36.5 cm³/mol. The van der Waals surface area contributed by atoms with Crippen LogP contribution in [0.25, 0.3) is 0 Å². The molecule has 0 spiro atoms. The maximum absolute atomic E-state index is 10.0. The fourth-order valence-corrected chi connectivity index (χ4v) is 1.42. The molecule has 0 aromatic heterocycles. The van der Waals surface area contributed by atoms with Crippen molar-refractivity contribution < 1.29 is 4.79 Å². The summed E-state index contributed by atoms with van der Waals surface area (Å²) in [5.74, 6) is 0. The molecule has 52 valence electrons. The Bertz CT molecular complexity index is 107. The molecule has 1 saturated heterocycles. The van der Waals surface area contributed by atoms with Gasteiger partial charge >= 0.3 is 0 Å². The van der Waals surface area contributed by atoms with Crippen LogP contribution in [0.2, 0.25) is 0 Å². The number of halogens is 1. The Kier molecular flexibility index (Phi) is 2.49. The normalized spacial score (nSPS) is 28.8. The zero-order valence-electron chi connectivity index (χ0n) is 5.22. The number of carbonyl (C=O) groups excluding carboxylic acids is 1. The van der Waals surface area contributed by atoms with Gasteiger partial charge in [-0.25, -0.2) is 0 Å². The van der Waals surface area contributed by atoms with Crippen LogP contribution in [0.4, 0.5) is 0 Å². The summed E-state index contributed by atoms with van der Waals surface area (Å²) in [5, 5.41) is 0. The van der Waals surface area contributed by atoms with Crippen molar-refractivity contribution in [3.05, 3.63) is 0 Å². The Hall–Kier alpha value is -0.0800. The number of alkyl halides is 1. The minimum atomic E-state index is 0.107. The van der Waals surface area contributed by atoms with Crippen LogP contribution in [0.15, 0.2) is 0 Å². The molecule has 1 fully saturated rings. The van der Waals surface area contributed by atoms with Crippen LogP contribution in [0.1, 0.15) is 12.8 Å². The van der Waals surface area contributed by atoms with Crippen molar-refractivity contribution in [2.24, 2.45) is 0 Å². The van der Waals surface area contributed by atoms with Gasteiger partial charge in [0.1, 0.15) is 6.29 Å². The summed E-state index contributed by atoms with van der Waals surface area (Å²) in [6.45, 7) is 1.47. The number of rotatable bonds is 2. The highest BCUT2D eigenvalue weighted by Gasteiger charge is 2.20. The van der Waals surface area contributed by atoms with Crippen molar-refractivity contribution in [1.82, 2.24) is 4.90 Å². The molecule has 1 heterocycles. The summed E-state index contributed by atoms with van der Waals surface area (Å²) < 4.78 is 0. The molecule has 0 radical (unpaired) electrons. The Morgan fingerprint density at radius 1 is 1.78 bits per heavy atom. The van der Waals surface area contributed by atoms with Crippen molar-refractivity contribution in [3.8, 4) is 0 Å². The third-order valence-corrected chi connectivity index (χ3v) is 2.09. The minimum absolute atomic E-state index is 0.107. The number of nitrogens with zero attached hydrogens (tertiary/aromatic N) is 1. The van der Waals surface area contributed by atoms with E-state index in [2.05, 4.69) is 0 Å². The van der Waals surface area contributed by atoms with Crippen molar-refractivity contribution in [1.29, 1.82) is 0 Å². The standard InChI is InChI=1S/C6H10ClNO/c7-6-2-1-3-8(6)4-5-9/h5-6H,1-4H2. The summed E-state index contributed by atoms with van der Waals surface area (Å²) in [5.41, 5.74) is 0.107. The summed E-state index contributed by atoms with van der Waals surface area (Å²) in [6, 6.07) is 0. The molecule has 1 unspecified atom stereocenters. The van der Waals surface area contributed by atoms with Crippen LogP contribution in [0.5, 0.6) is 0 Å². The van der Waals surface area contributed by atoms with E-state index in [-0.39, 0.29) is 5.50 Å². The van der Waals surface area contributed by atoms with E-state index in [4.69, 9.17) is 11.6 Å². The van der Waals surface area contributed by atoms with Gasteiger partial charge in [-0.1, -0.05) is 0 Å². The third kappa shape index (κ3) is 1.66. The smallest absolute Gasteiger partial charge is 0.134 e. The molecule has 0 N–H and O–H groups in total. The van der Waals surface area contributed by atoms with Gasteiger partial charge in [-0.2, -0.15) is 0 Å². The first-order valence-corrected chi connectivity index (χ1v) is 3.60. The average Bonchev–Trinajstić information content (AvgIpc) is 2.18. The lowest BCUT2D eigenvalue weighted by Gasteiger charge is -2.14. The molecule has 0 saturated carbocycles. The molecule has 0 bridgehead atoms.